The van der Waals surface area contributed by atoms with Gasteiger partial charge in [0, 0.05) is 14.9 Å². The molecule has 2 nitrogen and oxygen atoms in total. The Labute approximate surface area is 162 Å². The summed E-state index contributed by atoms with van der Waals surface area (Å²) < 4.78 is 1.00. The van der Waals surface area contributed by atoms with Crippen LogP contribution in [0.25, 0.3) is 11.3 Å². The number of hydrogen-bond acceptors (Lipinski definition) is 3. The van der Waals surface area contributed by atoms with Crippen LogP contribution in [-0.4, -0.2) is 4.98 Å². The number of pyridine rings is 1. The van der Waals surface area contributed by atoms with Crippen molar-refractivity contribution in [2.75, 3.05) is 0 Å². The first kappa shape index (κ1) is 17.3. The van der Waals surface area contributed by atoms with Crippen LogP contribution in [0, 0.1) is 11.3 Å². The molecule has 0 fully saturated rings. The third kappa shape index (κ3) is 3.93. The highest BCUT2D eigenvalue weighted by molar-refractivity contribution is 9.10. The first-order valence-corrected chi connectivity index (χ1v) is 9.23. The Kier molecular flexibility index (Phi) is 5.47. The van der Waals surface area contributed by atoms with E-state index in [0.717, 1.165) is 20.6 Å². The molecule has 0 saturated heterocycles. The number of nitriles is 1. The summed E-state index contributed by atoms with van der Waals surface area (Å²) in [4.78, 5) is 5.64. The average molecular weight is 436 g/mol. The van der Waals surface area contributed by atoms with Gasteiger partial charge in [0.2, 0.25) is 0 Å². The number of nitrogens with zero attached hydrogens (tertiary/aromatic N) is 2. The molecule has 0 spiro atoms. The molecule has 0 unspecified atom stereocenters. The lowest BCUT2D eigenvalue weighted by atomic mass is 10.1. The van der Waals surface area contributed by atoms with Gasteiger partial charge in [-0.3, -0.25) is 0 Å². The van der Waals surface area contributed by atoms with Gasteiger partial charge in [-0.15, -0.1) is 0 Å². The van der Waals surface area contributed by atoms with Gasteiger partial charge in [0.15, 0.2) is 0 Å². The number of aromatic nitrogens is 1. The normalized spacial score (nSPS) is 10.4. The van der Waals surface area contributed by atoms with Crippen LogP contribution in [0.15, 0.2) is 69.0 Å². The highest BCUT2D eigenvalue weighted by Crippen LogP contribution is 2.33. The maximum atomic E-state index is 9.33. The molecule has 0 aliphatic heterocycles. The largest absolute Gasteiger partial charge is 0.240 e. The molecule has 3 rings (SSSR count). The Morgan fingerprint density at radius 3 is 2.38 bits per heavy atom. The van der Waals surface area contributed by atoms with E-state index < -0.39 is 0 Å². The summed E-state index contributed by atoms with van der Waals surface area (Å²) in [6.45, 7) is 0. The lowest BCUT2D eigenvalue weighted by molar-refractivity contribution is 1.11. The summed E-state index contributed by atoms with van der Waals surface area (Å²) in [7, 11) is 0. The van der Waals surface area contributed by atoms with Crippen LogP contribution in [0.4, 0.5) is 0 Å². The van der Waals surface area contributed by atoms with Gasteiger partial charge in [0.05, 0.1) is 21.3 Å². The fourth-order valence-corrected chi connectivity index (χ4v) is 3.46. The number of halogens is 3. The van der Waals surface area contributed by atoms with Gasteiger partial charge in [0.25, 0.3) is 0 Å². The monoisotopic (exact) mass is 434 g/mol. The van der Waals surface area contributed by atoms with Gasteiger partial charge < -0.3 is 0 Å². The van der Waals surface area contributed by atoms with Crippen LogP contribution in [0.1, 0.15) is 5.56 Å². The lowest BCUT2D eigenvalue weighted by Crippen LogP contribution is -1.91. The second kappa shape index (κ2) is 7.58. The van der Waals surface area contributed by atoms with Crippen LogP contribution in [0.5, 0.6) is 0 Å². The van der Waals surface area contributed by atoms with Crippen molar-refractivity contribution in [2.45, 2.75) is 9.92 Å². The topological polar surface area (TPSA) is 36.7 Å². The van der Waals surface area contributed by atoms with Crippen molar-refractivity contribution < 1.29 is 0 Å². The van der Waals surface area contributed by atoms with Gasteiger partial charge >= 0.3 is 0 Å². The second-order valence-electron chi connectivity index (χ2n) is 4.85. The van der Waals surface area contributed by atoms with E-state index in [0.29, 0.717) is 20.6 Å². The molecule has 6 heteroatoms. The smallest absolute Gasteiger partial charge is 0.119 e. The van der Waals surface area contributed by atoms with E-state index in [1.807, 2.05) is 36.4 Å². The zero-order valence-electron chi connectivity index (χ0n) is 12.1. The minimum atomic E-state index is 0.474. The van der Waals surface area contributed by atoms with Gasteiger partial charge in [-0.05, 0) is 48.5 Å². The fourth-order valence-electron chi connectivity index (χ4n) is 2.03. The Hall–Kier alpha value is -1.51. The standard InChI is InChI=1S/C18H9BrCl2N2S/c19-13-3-5-14(6-4-13)24-18-12(10-22)2-8-17(23-18)11-1-7-15(20)16(21)9-11/h1-9H. The van der Waals surface area contributed by atoms with E-state index in [2.05, 4.69) is 27.0 Å². The lowest BCUT2D eigenvalue weighted by Gasteiger charge is -2.08. The van der Waals surface area contributed by atoms with Crippen molar-refractivity contribution in [1.29, 1.82) is 5.26 Å². The number of rotatable bonds is 3. The van der Waals surface area contributed by atoms with E-state index in [1.165, 1.54) is 11.8 Å². The molecule has 1 heterocycles. The Bertz CT molecular complexity index is 937. The van der Waals surface area contributed by atoms with E-state index in [9.17, 15) is 5.26 Å². The maximum Gasteiger partial charge on any atom is 0.119 e. The molecular formula is C18H9BrCl2N2S. The van der Waals surface area contributed by atoms with Crippen LogP contribution in [-0.2, 0) is 0 Å². The van der Waals surface area contributed by atoms with Crippen molar-refractivity contribution >= 4 is 50.9 Å². The van der Waals surface area contributed by atoms with Gasteiger partial charge in [-0.1, -0.05) is 57.0 Å². The highest BCUT2D eigenvalue weighted by Gasteiger charge is 2.10. The van der Waals surface area contributed by atoms with Gasteiger partial charge in [0.1, 0.15) is 11.1 Å². The van der Waals surface area contributed by atoms with E-state index >= 15 is 0 Å². The third-order valence-corrected chi connectivity index (χ3v) is 5.50. The van der Waals surface area contributed by atoms with Crippen LogP contribution in [0.3, 0.4) is 0 Å². The van der Waals surface area contributed by atoms with Crippen molar-refractivity contribution in [2.24, 2.45) is 0 Å². The molecule has 0 amide bonds. The molecule has 24 heavy (non-hydrogen) atoms. The third-order valence-electron chi connectivity index (χ3n) is 3.22. The first-order chi connectivity index (χ1) is 11.6. The molecule has 118 valence electrons. The van der Waals surface area contributed by atoms with Gasteiger partial charge in [-0.2, -0.15) is 5.26 Å². The summed E-state index contributed by atoms with van der Waals surface area (Å²) in [5.74, 6) is 0. The van der Waals surface area contributed by atoms with Crippen LogP contribution in [0.2, 0.25) is 10.0 Å². The summed E-state index contributed by atoms with van der Waals surface area (Å²) in [6.07, 6.45) is 0. The molecule has 1 aromatic heterocycles. The summed E-state index contributed by atoms with van der Waals surface area (Å²) >= 11 is 16.9. The van der Waals surface area contributed by atoms with Crippen molar-refractivity contribution in [3.8, 4) is 17.3 Å². The predicted octanol–water partition coefficient (Wildman–Crippen LogP) is 6.84. The molecule has 0 atom stereocenters. The molecule has 2 aromatic carbocycles. The minimum Gasteiger partial charge on any atom is -0.240 e. The first-order valence-electron chi connectivity index (χ1n) is 6.87. The van der Waals surface area contributed by atoms with E-state index in [4.69, 9.17) is 23.2 Å². The van der Waals surface area contributed by atoms with E-state index in [-0.39, 0.29) is 0 Å². The highest BCUT2D eigenvalue weighted by atomic mass is 79.9. The predicted molar refractivity (Wildman–Crippen MR) is 103 cm³/mol. The Morgan fingerprint density at radius 2 is 1.71 bits per heavy atom. The zero-order chi connectivity index (χ0) is 17.1. The molecule has 0 aliphatic carbocycles. The quantitative estimate of drug-likeness (QED) is 0.451. The van der Waals surface area contributed by atoms with Gasteiger partial charge in [-0.25, -0.2) is 4.98 Å². The van der Waals surface area contributed by atoms with E-state index in [1.54, 1.807) is 18.2 Å². The molecule has 3 aromatic rings. The maximum absolute atomic E-state index is 9.33. The Morgan fingerprint density at radius 1 is 0.958 bits per heavy atom. The number of hydrogen-bond donors (Lipinski definition) is 0. The SMILES string of the molecule is N#Cc1ccc(-c2ccc(Cl)c(Cl)c2)nc1Sc1ccc(Br)cc1. The molecule has 0 bridgehead atoms. The zero-order valence-corrected chi connectivity index (χ0v) is 16.0. The van der Waals surface area contributed by atoms with Crippen molar-refractivity contribution in [1.82, 2.24) is 4.98 Å². The summed E-state index contributed by atoms with van der Waals surface area (Å²) in [5, 5.41) is 11.0. The van der Waals surface area contributed by atoms with Crippen LogP contribution < -0.4 is 0 Å². The Balaban J connectivity index is 2.00. The molecular weight excluding hydrogens is 427 g/mol. The minimum absolute atomic E-state index is 0.474. The fraction of sp³-hybridized carbons (Fsp3) is 0. The average Bonchev–Trinajstić information content (AvgIpc) is 2.59. The molecule has 0 aliphatic rings. The summed E-state index contributed by atoms with van der Waals surface area (Å²) in [6, 6.07) is 19.0. The molecule has 0 N–H and O–H groups in total. The van der Waals surface area contributed by atoms with Crippen molar-refractivity contribution in [3.05, 3.63) is 74.7 Å². The second-order valence-corrected chi connectivity index (χ2v) is 7.64. The number of benzene rings is 2. The molecule has 0 radical (unpaired) electrons. The summed E-state index contributed by atoms with van der Waals surface area (Å²) in [5.41, 5.74) is 2.13. The molecule has 0 saturated carbocycles. The van der Waals surface area contributed by atoms with Crippen LogP contribution >= 0.6 is 50.9 Å². The van der Waals surface area contributed by atoms with Crippen molar-refractivity contribution in [3.63, 3.8) is 0 Å².